The molecule has 0 saturated carbocycles. The van der Waals surface area contributed by atoms with Crippen molar-refractivity contribution in [2.75, 3.05) is 0 Å². The molecule has 0 atom stereocenters. The molecule has 0 unspecified atom stereocenters. The predicted octanol–water partition coefficient (Wildman–Crippen LogP) is 3.25. The van der Waals surface area contributed by atoms with Gasteiger partial charge >= 0.3 is 5.17 Å². The highest BCUT2D eigenvalue weighted by molar-refractivity contribution is 6.82. The van der Waals surface area contributed by atoms with Gasteiger partial charge in [-0.25, -0.2) is 0 Å². The zero-order chi connectivity index (χ0) is 13.7. The molecule has 0 aliphatic heterocycles. The molecular formula is C15H11ClN2O. The largest absolute Gasteiger partial charge is 0.427 e. The molecule has 0 radical (unpaired) electrons. The molecule has 0 fully saturated rings. The fourth-order valence-electron chi connectivity index (χ4n) is 1.95. The lowest BCUT2D eigenvalue weighted by atomic mass is 9.88. The van der Waals surface area contributed by atoms with Crippen molar-refractivity contribution >= 4 is 22.6 Å². The summed E-state index contributed by atoms with van der Waals surface area (Å²) in [5.41, 5.74) is 10.3. The van der Waals surface area contributed by atoms with Crippen LogP contribution in [0.4, 0.5) is 0 Å². The van der Waals surface area contributed by atoms with Crippen LogP contribution in [-0.4, -0.2) is 15.7 Å². The van der Waals surface area contributed by atoms with Crippen molar-refractivity contribution in [1.29, 1.82) is 0 Å². The van der Waals surface area contributed by atoms with Crippen molar-refractivity contribution in [2.45, 2.75) is 5.92 Å². The van der Waals surface area contributed by atoms with Crippen LogP contribution in [0.15, 0.2) is 60.7 Å². The lowest BCUT2D eigenvalue weighted by molar-refractivity contribution is -0.117. The monoisotopic (exact) mass is 270 g/mol. The number of ketones is 1. The van der Waals surface area contributed by atoms with E-state index in [9.17, 15) is 4.79 Å². The molecule has 0 amide bonds. The van der Waals surface area contributed by atoms with E-state index in [0.29, 0.717) is 0 Å². The number of benzene rings is 2. The van der Waals surface area contributed by atoms with Gasteiger partial charge in [-0.2, -0.15) is 0 Å². The third-order valence-corrected chi connectivity index (χ3v) is 3.08. The van der Waals surface area contributed by atoms with Crippen LogP contribution in [-0.2, 0) is 4.79 Å². The van der Waals surface area contributed by atoms with Crippen molar-refractivity contribution in [3.63, 3.8) is 0 Å². The quantitative estimate of drug-likeness (QED) is 0.478. The van der Waals surface area contributed by atoms with E-state index in [4.69, 9.17) is 17.1 Å². The van der Waals surface area contributed by atoms with E-state index in [-0.39, 0.29) is 0 Å². The molecule has 19 heavy (non-hydrogen) atoms. The third-order valence-electron chi connectivity index (χ3n) is 2.82. The molecule has 0 spiro atoms. The van der Waals surface area contributed by atoms with Gasteiger partial charge in [-0.05, 0) is 11.1 Å². The van der Waals surface area contributed by atoms with Crippen molar-refractivity contribution < 1.29 is 9.58 Å². The molecule has 0 aromatic heterocycles. The molecule has 4 heteroatoms. The molecule has 2 aromatic carbocycles. The summed E-state index contributed by atoms with van der Waals surface area (Å²) in [7, 11) is 0. The van der Waals surface area contributed by atoms with Crippen LogP contribution in [0.25, 0.3) is 5.53 Å². The minimum absolute atomic E-state index is 0.419. The summed E-state index contributed by atoms with van der Waals surface area (Å²) < 4.78 is 0. The number of hydrogen-bond acceptors (Lipinski definition) is 1. The second kappa shape index (κ2) is 6.10. The van der Waals surface area contributed by atoms with Gasteiger partial charge in [0, 0.05) is 11.6 Å². The molecule has 2 rings (SSSR count). The molecular weight excluding hydrogens is 260 g/mol. The number of carbonyl (C=O) groups excluding carboxylic acids is 1. The van der Waals surface area contributed by atoms with Gasteiger partial charge in [0.1, 0.15) is 0 Å². The Kier molecular flexibility index (Phi) is 4.24. The first-order valence-electron chi connectivity index (χ1n) is 5.75. The lowest BCUT2D eigenvalue weighted by Gasteiger charge is -2.13. The second-order valence-corrected chi connectivity index (χ2v) is 4.37. The molecule has 0 aliphatic carbocycles. The number of halogens is 1. The van der Waals surface area contributed by atoms with Crippen LogP contribution in [0.2, 0.25) is 0 Å². The Balaban J connectivity index is 2.52. The molecule has 0 saturated heterocycles. The first-order chi connectivity index (χ1) is 9.24. The smallest absolute Gasteiger partial charge is 0.359 e. The summed E-state index contributed by atoms with van der Waals surface area (Å²) in [6.07, 6.45) is 0. The first kappa shape index (κ1) is 13.2. The normalized spacial score (nSPS) is 10.0. The summed E-state index contributed by atoms with van der Waals surface area (Å²) in [6.45, 7) is 0. The van der Waals surface area contributed by atoms with Crippen molar-refractivity contribution in [3.8, 4) is 0 Å². The van der Waals surface area contributed by atoms with Gasteiger partial charge in [0.05, 0.1) is 5.92 Å². The second-order valence-electron chi connectivity index (χ2n) is 4.01. The van der Waals surface area contributed by atoms with E-state index in [1.165, 1.54) is 0 Å². The van der Waals surface area contributed by atoms with E-state index in [2.05, 4.69) is 4.79 Å². The number of rotatable bonds is 4. The summed E-state index contributed by atoms with van der Waals surface area (Å²) in [5, 5.41) is -0.419. The van der Waals surface area contributed by atoms with E-state index >= 15 is 0 Å². The number of nitrogens with zero attached hydrogens (tertiary/aromatic N) is 2. The van der Waals surface area contributed by atoms with Gasteiger partial charge in [0.25, 0.3) is 5.78 Å². The average Bonchev–Trinajstić information content (AvgIpc) is 2.49. The highest BCUT2D eigenvalue weighted by atomic mass is 35.5. The molecule has 3 nitrogen and oxygen atoms in total. The third kappa shape index (κ3) is 2.97. The highest BCUT2D eigenvalue weighted by Gasteiger charge is 2.30. The molecule has 0 heterocycles. The Morgan fingerprint density at radius 3 is 1.74 bits per heavy atom. The SMILES string of the molecule is [N-]=[N+]=C(Cl)C(=O)C(c1ccccc1)c1ccccc1. The Labute approximate surface area is 116 Å². The maximum absolute atomic E-state index is 12.3. The van der Waals surface area contributed by atoms with Crippen molar-refractivity contribution in [2.24, 2.45) is 0 Å². The summed E-state index contributed by atoms with van der Waals surface area (Å²) >= 11 is 5.66. The van der Waals surface area contributed by atoms with Crippen LogP contribution in [0, 0.1) is 0 Å². The van der Waals surface area contributed by atoms with E-state index in [1.54, 1.807) is 0 Å². The molecule has 94 valence electrons. The lowest BCUT2D eigenvalue weighted by Crippen LogP contribution is -2.20. The summed E-state index contributed by atoms with van der Waals surface area (Å²) in [4.78, 5) is 15.0. The van der Waals surface area contributed by atoms with Gasteiger partial charge < -0.3 is 5.53 Å². The van der Waals surface area contributed by atoms with Crippen LogP contribution in [0.1, 0.15) is 17.0 Å². The Bertz CT molecular complexity index is 580. The minimum atomic E-state index is -0.564. The first-order valence-corrected chi connectivity index (χ1v) is 6.13. The van der Waals surface area contributed by atoms with Crippen LogP contribution >= 0.6 is 11.6 Å². The van der Waals surface area contributed by atoms with E-state index in [1.807, 2.05) is 60.7 Å². The Hall–Kier alpha value is -2.22. The fourth-order valence-corrected chi connectivity index (χ4v) is 2.06. The number of Topliss-reactive ketones (excluding diaryl/α,β-unsaturated/α-hetero) is 1. The van der Waals surface area contributed by atoms with Gasteiger partial charge in [0.2, 0.25) is 0 Å². The maximum Gasteiger partial charge on any atom is 0.427 e. The molecule has 0 aliphatic rings. The predicted molar refractivity (Wildman–Crippen MR) is 74.2 cm³/mol. The Morgan fingerprint density at radius 1 is 0.947 bits per heavy atom. The van der Waals surface area contributed by atoms with Crippen LogP contribution in [0.5, 0.6) is 0 Å². The number of hydrogen-bond donors (Lipinski definition) is 0. The van der Waals surface area contributed by atoms with Crippen LogP contribution < -0.4 is 0 Å². The van der Waals surface area contributed by atoms with E-state index < -0.39 is 16.9 Å². The Morgan fingerprint density at radius 2 is 1.37 bits per heavy atom. The van der Waals surface area contributed by atoms with E-state index in [0.717, 1.165) is 11.1 Å². The molecule has 0 bridgehead atoms. The van der Waals surface area contributed by atoms with Gasteiger partial charge in [-0.15, -0.1) is 4.79 Å². The topological polar surface area (TPSA) is 53.5 Å². The number of carbonyl (C=O) groups is 1. The summed E-state index contributed by atoms with van der Waals surface area (Å²) in [6, 6.07) is 18.5. The molecule has 2 aromatic rings. The van der Waals surface area contributed by atoms with Gasteiger partial charge in [-0.1, -0.05) is 60.7 Å². The molecule has 0 N–H and O–H groups in total. The van der Waals surface area contributed by atoms with Crippen molar-refractivity contribution in [3.05, 3.63) is 77.3 Å². The standard InChI is InChI=1S/C15H11ClN2O/c16-15(18-17)14(19)13(11-7-3-1-4-8-11)12-9-5-2-6-10-12/h1-10,13H. The zero-order valence-corrected chi connectivity index (χ0v) is 10.8. The minimum Gasteiger partial charge on any atom is -0.359 e. The average molecular weight is 271 g/mol. The summed E-state index contributed by atoms with van der Waals surface area (Å²) in [5.74, 6) is -0.993. The van der Waals surface area contributed by atoms with Crippen molar-refractivity contribution in [1.82, 2.24) is 0 Å². The van der Waals surface area contributed by atoms with Gasteiger partial charge in [-0.3, -0.25) is 4.79 Å². The maximum atomic E-state index is 12.3. The highest BCUT2D eigenvalue weighted by Crippen LogP contribution is 2.26. The van der Waals surface area contributed by atoms with Gasteiger partial charge in [0.15, 0.2) is 0 Å². The van der Waals surface area contributed by atoms with Crippen LogP contribution in [0.3, 0.4) is 0 Å². The fraction of sp³-hybridized carbons (Fsp3) is 0.0667. The zero-order valence-electron chi connectivity index (χ0n) is 10.0.